The number of nitrogens with one attached hydrogen (secondary N) is 1. The molecule has 0 bridgehead atoms. The van der Waals surface area contributed by atoms with Crippen LogP contribution in [0.15, 0.2) is 30.3 Å². The summed E-state index contributed by atoms with van der Waals surface area (Å²) in [5, 5.41) is 3.50. The highest BCUT2D eigenvalue weighted by atomic mass is 32.1. The fourth-order valence-electron chi connectivity index (χ4n) is 2.28. The van der Waals surface area contributed by atoms with Crippen molar-refractivity contribution in [3.63, 3.8) is 0 Å². The van der Waals surface area contributed by atoms with Crippen LogP contribution < -0.4 is 5.32 Å². The average molecular weight is 288 g/mol. The maximum Gasteiger partial charge on any atom is 0.255 e. The van der Waals surface area contributed by atoms with Crippen molar-refractivity contribution in [1.82, 2.24) is 4.98 Å². The smallest absolute Gasteiger partial charge is 0.255 e. The number of amides is 1. The predicted octanol–water partition coefficient (Wildman–Crippen LogP) is 3.24. The lowest BCUT2D eigenvalue weighted by molar-refractivity contribution is -0.124. The Labute approximate surface area is 121 Å². The summed E-state index contributed by atoms with van der Waals surface area (Å²) in [6.45, 7) is 2.69. The average Bonchev–Trinajstić information content (AvgIpc) is 3.09. The van der Waals surface area contributed by atoms with Crippen molar-refractivity contribution in [3.05, 3.63) is 35.2 Å². The third-order valence-electron chi connectivity index (χ3n) is 3.30. The Morgan fingerprint density at radius 3 is 2.90 bits per heavy atom. The molecule has 0 aliphatic carbocycles. The Morgan fingerprint density at radius 1 is 1.40 bits per heavy atom. The second-order valence-corrected chi connectivity index (χ2v) is 5.98. The molecule has 1 N–H and O–H groups in total. The van der Waals surface area contributed by atoms with E-state index in [0.717, 1.165) is 29.0 Å². The summed E-state index contributed by atoms with van der Waals surface area (Å²) >= 11 is 1.50. The van der Waals surface area contributed by atoms with Crippen molar-refractivity contribution >= 4 is 22.4 Å². The summed E-state index contributed by atoms with van der Waals surface area (Å²) in [6, 6.07) is 9.99. The quantitative estimate of drug-likeness (QED) is 0.943. The molecule has 2 aromatic rings. The molecule has 20 heavy (non-hydrogen) atoms. The van der Waals surface area contributed by atoms with E-state index in [0.29, 0.717) is 11.7 Å². The number of benzene rings is 1. The minimum Gasteiger partial charge on any atom is -0.368 e. The van der Waals surface area contributed by atoms with E-state index in [2.05, 4.69) is 10.3 Å². The third-order valence-corrected chi connectivity index (χ3v) is 4.18. The third kappa shape index (κ3) is 2.73. The van der Waals surface area contributed by atoms with Crippen LogP contribution in [0.25, 0.3) is 11.3 Å². The Balaban J connectivity index is 1.77. The van der Waals surface area contributed by atoms with Gasteiger partial charge in [0.05, 0.1) is 5.69 Å². The molecule has 0 radical (unpaired) electrons. The molecule has 1 atom stereocenters. The van der Waals surface area contributed by atoms with E-state index in [1.165, 1.54) is 11.3 Å². The number of hydrogen-bond donors (Lipinski definition) is 1. The summed E-state index contributed by atoms with van der Waals surface area (Å²) in [4.78, 5) is 17.6. The topological polar surface area (TPSA) is 51.2 Å². The molecule has 5 heteroatoms. The zero-order chi connectivity index (χ0) is 13.9. The van der Waals surface area contributed by atoms with Gasteiger partial charge >= 0.3 is 0 Å². The molecule has 1 amide bonds. The van der Waals surface area contributed by atoms with Gasteiger partial charge < -0.3 is 4.74 Å². The van der Waals surface area contributed by atoms with E-state index in [9.17, 15) is 4.79 Å². The zero-order valence-electron chi connectivity index (χ0n) is 11.3. The van der Waals surface area contributed by atoms with E-state index in [1.54, 1.807) is 0 Å². The molecule has 1 fully saturated rings. The number of hydrogen-bond acceptors (Lipinski definition) is 4. The number of rotatable bonds is 3. The summed E-state index contributed by atoms with van der Waals surface area (Å²) in [7, 11) is 0. The largest absolute Gasteiger partial charge is 0.368 e. The lowest BCUT2D eigenvalue weighted by Gasteiger charge is -2.07. The van der Waals surface area contributed by atoms with Gasteiger partial charge in [-0.2, -0.15) is 0 Å². The molecule has 104 valence electrons. The fraction of sp³-hybridized carbons (Fsp3) is 0.333. The molecule has 4 nitrogen and oxygen atoms in total. The molecule has 1 aromatic heterocycles. The van der Waals surface area contributed by atoms with Crippen LogP contribution in [0.2, 0.25) is 0 Å². The van der Waals surface area contributed by atoms with Gasteiger partial charge in [0.2, 0.25) is 0 Å². The van der Waals surface area contributed by atoms with Crippen LogP contribution in [0.5, 0.6) is 0 Å². The SMILES string of the molecule is Cc1sc(NC(=O)[C@@H]2CCCO2)nc1-c1ccccc1. The van der Waals surface area contributed by atoms with Crippen LogP contribution in [0, 0.1) is 6.92 Å². The fourth-order valence-corrected chi connectivity index (χ4v) is 3.12. The van der Waals surface area contributed by atoms with Crippen molar-refractivity contribution in [2.75, 3.05) is 11.9 Å². The molecule has 1 saturated heterocycles. The molecule has 2 heterocycles. The monoisotopic (exact) mass is 288 g/mol. The summed E-state index contributed by atoms with van der Waals surface area (Å²) in [5.74, 6) is -0.0872. The van der Waals surface area contributed by atoms with Crippen molar-refractivity contribution in [2.45, 2.75) is 25.9 Å². The molecule has 1 aliphatic heterocycles. The van der Waals surface area contributed by atoms with Gasteiger partial charge in [0.1, 0.15) is 6.10 Å². The number of aryl methyl sites for hydroxylation is 1. The number of nitrogens with zero attached hydrogens (tertiary/aromatic N) is 1. The van der Waals surface area contributed by atoms with Gasteiger partial charge in [-0.05, 0) is 19.8 Å². The lowest BCUT2D eigenvalue weighted by Crippen LogP contribution is -2.26. The Bertz CT molecular complexity index is 604. The van der Waals surface area contributed by atoms with Crippen LogP contribution in [-0.4, -0.2) is 23.6 Å². The van der Waals surface area contributed by atoms with Crippen molar-refractivity contribution in [2.24, 2.45) is 0 Å². The maximum atomic E-state index is 12.0. The first-order valence-electron chi connectivity index (χ1n) is 6.69. The normalized spacial score (nSPS) is 18.1. The molecule has 1 aliphatic rings. The molecule has 0 spiro atoms. The summed E-state index contributed by atoms with van der Waals surface area (Å²) in [5.41, 5.74) is 2.00. The number of ether oxygens (including phenoxy) is 1. The van der Waals surface area contributed by atoms with Gasteiger partial charge in [0.25, 0.3) is 5.91 Å². The molecule has 1 aromatic carbocycles. The van der Waals surface area contributed by atoms with Crippen LogP contribution in [0.4, 0.5) is 5.13 Å². The van der Waals surface area contributed by atoms with Crippen LogP contribution >= 0.6 is 11.3 Å². The summed E-state index contributed by atoms with van der Waals surface area (Å²) < 4.78 is 5.37. The molecule has 0 saturated carbocycles. The Kier molecular flexibility index (Phi) is 3.80. The van der Waals surface area contributed by atoms with Crippen LogP contribution in [-0.2, 0) is 9.53 Å². The molecule has 3 rings (SSSR count). The van der Waals surface area contributed by atoms with Gasteiger partial charge in [-0.3, -0.25) is 10.1 Å². The first kappa shape index (κ1) is 13.3. The Morgan fingerprint density at radius 2 is 2.20 bits per heavy atom. The predicted molar refractivity (Wildman–Crippen MR) is 79.9 cm³/mol. The van der Waals surface area contributed by atoms with Gasteiger partial charge in [-0.25, -0.2) is 4.98 Å². The first-order valence-corrected chi connectivity index (χ1v) is 7.51. The minimum atomic E-state index is -0.320. The highest BCUT2D eigenvalue weighted by Crippen LogP contribution is 2.30. The number of anilines is 1. The van der Waals surface area contributed by atoms with Crippen molar-refractivity contribution in [1.29, 1.82) is 0 Å². The van der Waals surface area contributed by atoms with Crippen molar-refractivity contribution in [3.8, 4) is 11.3 Å². The second-order valence-electron chi connectivity index (χ2n) is 4.78. The maximum absolute atomic E-state index is 12.0. The van der Waals surface area contributed by atoms with Crippen molar-refractivity contribution < 1.29 is 9.53 Å². The van der Waals surface area contributed by atoms with Gasteiger partial charge in [0.15, 0.2) is 5.13 Å². The number of thiazole rings is 1. The van der Waals surface area contributed by atoms with Crippen LogP contribution in [0.3, 0.4) is 0 Å². The summed E-state index contributed by atoms with van der Waals surface area (Å²) in [6.07, 6.45) is 1.42. The van der Waals surface area contributed by atoms with E-state index < -0.39 is 0 Å². The standard InChI is InChI=1S/C15H16N2O2S/c1-10-13(11-6-3-2-4-7-11)16-15(20-10)17-14(18)12-8-5-9-19-12/h2-4,6-7,12H,5,8-9H2,1H3,(H,16,17,18)/t12-/m0/s1. The highest BCUT2D eigenvalue weighted by Gasteiger charge is 2.24. The van der Waals surface area contributed by atoms with E-state index in [4.69, 9.17) is 4.74 Å². The van der Waals surface area contributed by atoms with E-state index >= 15 is 0 Å². The second kappa shape index (κ2) is 5.73. The minimum absolute atomic E-state index is 0.0872. The highest BCUT2D eigenvalue weighted by molar-refractivity contribution is 7.16. The Hall–Kier alpha value is -1.72. The number of carbonyl (C=O) groups excluding carboxylic acids is 1. The number of carbonyl (C=O) groups is 1. The number of aromatic nitrogens is 1. The van der Waals surface area contributed by atoms with E-state index in [-0.39, 0.29) is 12.0 Å². The molecular formula is C15H16N2O2S. The molecular weight excluding hydrogens is 272 g/mol. The molecule has 0 unspecified atom stereocenters. The zero-order valence-corrected chi connectivity index (χ0v) is 12.1. The van der Waals surface area contributed by atoms with E-state index in [1.807, 2.05) is 37.3 Å². The van der Waals surface area contributed by atoms with Crippen LogP contribution in [0.1, 0.15) is 17.7 Å². The van der Waals surface area contributed by atoms with Gasteiger partial charge in [-0.15, -0.1) is 11.3 Å². The van der Waals surface area contributed by atoms with Gasteiger partial charge in [-0.1, -0.05) is 30.3 Å². The first-order chi connectivity index (χ1) is 9.74. The van der Waals surface area contributed by atoms with Gasteiger partial charge in [0, 0.05) is 17.0 Å². The lowest BCUT2D eigenvalue weighted by atomic mass is 10.1.